The van der Waals surface area contributed by atoms with Crippen LogP contribution in [-0.2, 0) is 11.2 Å². The summed E-state index contributed by atoms with van der Waals surface area (Å²) in [6.07, 6.45) is 6.22. The molecule has 3 rings (SSSR count). The van der Waals surface area contributed by atoms with E-state index in [1.165, 1.54) is 12.8 Å². The lowest BCUT2D eigenvalue weighted by molar-refractivity contribution is -0.132. The van der Waals surface area contributed by atoms with Crippen LogP contribution in [0.2, 0.25) is 0 Å². The van der Waals surface area contributed by atoms with Crippen LogP contribution in [0, 0.1) is 5.92 Å². The average molecular weight is 383 g/mol. The molecule has 1 amide bonds. The van der Waals surface area contributed by atoms with Gasteiger partial charge in [-0.25, -0.2) is 0 Å². The maximum atomic E-state index is 12.5. The Morgan fingerprint density at radius 2 is 1.81 bits per heavy atom. The number of piperidine rings is 1. The normalized spacial score (nSPS) is 17.5. The number of likely N-dealkylation sites (tertiary alicyclic amines) is 1. The molecule has 0 radical (unpaired) electrons. The van der Waals surface area contributed by atoms with Crippen molar-refractivity contribution in [2.75, 3.05) is 33.9 Å². The van der Waals surface area contributed by atoms with Gasteiger partial charge in [-0.15, -0.1) is 12.4 Å². The number of aryl methyl sites for hydroxylation is 1. The zero-order valence-electron chi connectivity index (χ0n) is 15.8. The Morgan fingerprint density at radius 1 is 1.12 bits per heavy atom. The minimum absolute atomic E-state index is 0. The molecule has 1 N–H and O–H groups in total. The molecular weight excluding hydrogens is 352 g/mol. The van der Waals surface area contributed by atoms with Crippen LogP contribution in [0.5, 0.6) is 11.5 Å². The summed E-state index contributed by atoms with van der Waals surface area (Å²) in [6, 6.07) is 6.45. The number of ether oxygens (including phenoxy) is 2. The van der Waals surface area contributed by atoms with E-state index >= 15 is 0 Å². The van der Waals surface area contributed by atoms with Crippen LogP contribution in [0.4, 0.5) is 0 Å². The summed E-state index contributed by atoms with van der Waals surface area (Å²) in [4.78, 5) is 14.5. The zero-order chi connectivity index (χ0) is 17.6. The monoisotopic (exact) mass is 382 g/mol. The summed E-state index contributed by atoms with van der Waals surface area (Å²) < 4.78 is 10.6. The van der Waals surface area contributed by atoms with Gasteiger partial charge in [0, 0.05) is 25.6 Å². The van der Waals surface area contributed by atoms with Crippen LogP contribution in [-0.4, -0.2) is 50.7 Å². The first-order chi connectivity index (χ1) is 12.2. The number of benzene rings is 1. The Kier molecular flexibility index (Phi) is 8.04. The third-order valence-corrected chi connectivity index (χ3v) is 5.32. The topological polar surface area (TPSA) is 50.8 Å². The second-order valence-corrected chi connectivity index (χ2v) is 7.20. The number of rotatable bonds is 8. The Bertz CT molecular complexity index is 584. The number of carbonyl (C=O) groups is 1. The lowest BCUT2D eigenvalue weighted by Crippen LogP contribution is -2.45. The third-order valence-electron chi connectivity index (χ3n) is 5.32. The van der Waals surface area contributed by atoms with E-state index in [4.69, 9.17) is 9.47 Å². The number of halogens is 1. The smallest absolute Gasteiger partial charge is 0.222 e. The molecule has 1 saturated carbocycles. The molecular formula is C20H31ClN2O3. The SMILES string of the molecule is COc1ccc(CCC(=O)N2CCC(NCC3CC3)CC2)cc1OC.Cl. The van der Waals surface area contributed by atoms with Gasteiger partial charge in [0.1, 0.15) is 0 Å². The Morgan fingerprint density at radius 3 is 2.42 bits per heavy atom. The van der Waals surface area contributed by atoms with Gasteiger partial charge < -0.3 is 19.7 Å². The fourth-order valence-electron chi connectivity index (χ4n) is 3.43. The largest absolute Gasteiger partial charge is 0.493 e. The van der Waals surface area contributed by atoms with E-state index in [-0.39, 0.29) is 18.3 Å². The van der Waals surface area contributed by atoms with Crippen LogP contribution in [0.3, 0.4) is 0 Å². The Labute approximate surface area is 162 Å². The van der Waals surface area contributed by atoms with Crippen molar-refractivity contribution in [3.63, 3.8) is 0 Å². The molecule has 0 unspecified atom stereocenters. The van der Waals surface area contributed by atoms with Crippen molar-refractivity contribution >= 4 is 18.3 Å². The standard InChI is InChI=1S/C20H30N2O3.ClH/c1-24-18-7-5-15(13-19(18)25-2)6-8-20(23)22-11-9-17(10-12-22)21-14-16-3-4-16;/h5,7,13,16-17,21H,3-4,6,8-12,14H2,1-2H3;1H. The molecule has 0 atom stereocenters. The number of nitrogens with zero attached hydrogens (tertiary/aromatic N) is 1. The molecule has 1 saturated heterocycles. The predicted molar refractivity (Wildman–Crippen MR) is 105 cm³/mol. The van der Waals surface area contributed by atoms with E-state index in [1.54, 1.807) is 14.2 Å². The van der Waals surface area contributed by atoms with Crippen molar-refractivity contribution in [3.05, 3.63) is 23.8 Å². The van der Waals surface area contributed by atoms with E-state index in [9.17, 15) is 4.79 Å². The quantitative estimate of drug-likeness (QED) is 0.750. The molecule has 1 aromatic carbocycles. The summed E-state index contributed by atoms with van der Waals surface area (Å²) in [6.45, 7) is 2.93. The first kappa shape index (κ1) is 20.8. The van der Waals surface area contributed by atoms with E-state index in [0.29, 0.717) is 12.5 Å². The molecule has 1 aliphatic heterocycles. The molecule has 0 spiro atoms. The lowest BCUT2D eigenvalue weighted by Gasteiger charge is -2.32. The van der Waals surface area contributed by atoms with E-state index < -0.39 is 0 Å². The highest BCUT2D eigenvalue weighted by Crippen LogP contribution is 2.29. The van der Waals surface area contributed by atoms with Gasteiger partial charge >= 0.3 is 0 Å². The zero-order valence-corrected chi connectivity index (χ0v) is 16.6. The molecule has 2 fully saturated rings. The summed E-state index contributed by atoms with van der Waals surface area (Å²) >= 11 is 0. The van der Waals surface area contributed by atoms with Gasteiger partial charge in [-0.05, 0) is 62.3 Å². The van der Waals surface area contributed by atoms with Crippen molar-refractivity contribution in [2.45, 2.75) is 44.6 Å². The van der Waals surface area contributed by atoms with Crippen molar-refractivity contribution in [2.24, 2.45) is 5.92 Å². The minimum atomic E-state index is 0. The molecule has 1 aromatic rings. The highest BCUT2D eigenvalue weighted by atomic mass is 35.5. The van der Waals surface area contributed by atoms with Gasteiger partial charge in [0.2, 0.25) is 5.91 Å². The van der Waals surface area contributed by atoms with E-state index in [0.717, 1.165) is 61.9 Å². The van der Waals surface area contributed by atoms with Gasteiger partial charge in [-0.3, -0.25) is 4.79 Å². The molecule has 0 bridgehead atoms. The maximum absolute atomic E-state index is 12.5. The first-order valence-corrected chi connectivity index (χ1v) is 9.41. The highest BCUT2D eigenvalue weighted by molar-refractivity contribution is 5.85. The minimum Gasteiger partial charge on any atom is -0.493 e. The fourth-order valence-corrected chi connectivity index (χ4v) is 3.43. The van der Waals surface area contributed by atoms with Crippen LogP contribution < -0.4 is 14.8 Å². The molecule has 146 valence electrons. The van der Waals surface area contributed by atoms with Crippen LogP contribution in [0.1, 0.15) is 37.7 Å². The molecule has 6 heteroatoms. The molecule has 1 aliphatic carbocycles. The van der Waals surface area contributed by atoms with Gasteiger partial charge in [0.15, 0.2) is 11.5 Å². The van der Waals surface area contributed by atoms with E-state index in [1.807, 2.05) is 23.1 Å². The summed E-state index contributed by atoms with van der Waals surface area (Å²) in [5.41, 5.74) is 1.10. The van der Waals surface area contributed by atoms with E-state index in [2.05, 4.69) is 5.32 Å². The number of amides is 1. The molecule has 1 heterocycles. The van der Waals surface area contributed by atoms with Crippen molar-refractivity contribution in [3.8, 4) is 11.5 Å². The Hall–Kier alpha value is -1.46. The van der Waals surface area contributed by atoms with Crippen molar-refractivity contribution in [1.82, 2.24) is 10.2 Å². The van der Waals surface area contributed by atoms with Crippen LogP contribution in [0.25, 0.3) is 0 Å². The lowest BCUT2D eigenvalue weighted by atomic mass is 10.0. The van der Waals surface area contributed by atoms with Gasteiger partial charge in [0.25, 0.3) is 0 Å². The third kappa shape index (κ3) is 5.78. The van der Waals surface area contributed by atoms with Gasteiger partial charge in [-0.1, -0.05) is 6.07 Å². The first-order valence-electron chi connectivity index (χ1n) is 9.41. The maximum Gasteiger partial charge on any atom is 0.222 e. The van der Waals surface area contributed by atoms with Gasteiger partial charge in [-0.2, -0.15) is 0 Å². The van der Waals surface area contributed by atoms with Crippen LogP contribution >= 0.6 is 12.4 Å². The number of methoxy groups -OCH3 is 2. The summed E-state index contributed by atoms with van der Waals surface area (Å²) in [7, 11) is 3.26. The molecule has 0 aromatic heterocycles. The van der Waals surface area contributed by atoms with Gasteiger partial charge in [0.05, 0.1) is 14.2 Å². The number of hydrogen-bond donors (Lipinski definition) is 1. The molecule has 2 aliphatic rings. The summed E-state index contributed by atoms with van der Waals surface area (Å²) in [5, 5.41) is 3.66. The summed E-state index contributed by atoms with van der Waals surface area (Å²) in [5.74, 6) is 2.62. The fraction of sp³-hybridized carbons (Fsp3) is 0.650. The Balaban J connectivity index is 0.00000243. The molecule has 5 nitrogen and oxygen atoms in total. The number of carbonyl (C=O) groups excluding carboxylic acids is 1. The molecule has 26 heavy (non-hydrogen) atoms. The predicted octanol–water partition coefficient (Wildman–Crippen LogP) is 3.05. The second-order valence-electron chi connectivity index (χ2n) is 7.20. The van der Waals surface area contributed by atoms with Crippen molar-refractivity contribution < 1.29 is 14.3 Å². The second kappa shape index (κ2) is 10.0. The number of nitrogens with one attached hydrogen (secondary N) is 1. The van der Waals surface area contributed by atoms with Crippen molar-refractivity contribution in [1.29, 1.82) is 0 Å². The number of hydrogen-bond acceptors (Lipinski definition) is 4. The highest BCUT2D eigenvalue weighted by Gasteiger charge is 2.25. The average Bonchev–Trinajstić information content (AvgIpc) is 3.49. The van der Waals surface area contributed by atoms with Crippen LogP contribution in [0.15, 0.2) is 18.2 Å².